The van der Waals surface area contributed by atoms with E-state index in [0.29, 0.717) is 24.2 Å². The molecule has 2 amide bonds. The Morgan fingerprint density at radius 2 is 1.73 bits per heavy atom. The second kappa shape index (κ2) is 7.65. The van der Waals surface area contributed by atoms with Gasteiger partial charge in [0.1, 0.15) is 5.60 Å². The van der Waals surface area contributed by atoms with Crippen molar-refractivity contribution < 1.29 is 24.5 Å². The van der Waals surface area contributed by atoms with Crippen molar-refractivity contribution in [3.63, 3.8) is 0 Å². The van der Waals surface area contributed by atoms with Crippen LogP contribution in [0.15, 0.2) is 18.2 Å². The molecule has 0 unspecified atom stereocenters. The van der Waals surface area contributed by atoms with E-state index in [1.54, 1.807) is 32.9 Å². The molecular weight excluding hydrogens is 288 g/mol. The molecule has 122 valence electrons. The molecule has 0 spiro atoms. The summed E-state index contributed by atoms with van der Waals surface area (Å²) in [7, 11) is 0. The first-order valence-electron chi connectivity index (χ1n) is 6.94. The Labute approximate surface area is 129 Å². The van der Waals surface area contributed by atoms with Crippen LogP contribution in [0.4, 0.5) is 21.0 Å². The highest BCUT2D eigenvalue weighted by Gasteiger charge is 2.16. The first-order valence-corrected chi connectivity index (χ1v) is 6.94. The molecular formula is C15H22N2O5. The molecule has 0 aliphatic carbocycles. The van der Waals surface area contributed by atoms with Gasteiger partial charge in [0.05, 0.1) is 0 Å². The Morgan fingerprint density at radius 1 is 1.14 bits per heavy atom. The molecule has 0 aliphatic rings. The number of hydrogen-bond acceptors (Lipinski definition) is 4. The summed E-state index contributed by atoms with van der Waals surface area (Å²) < 4.78 is 5.16. The zero-order valence-corrected chi connectivity index (χ0v) is 13.0. The van der Waals surface area contributed by atoms with Crippen molar-refractivity contribution in [3.05, 3.63) is 23.8 Å². The lowest BCUT2D eigenvalue weighted by molar-refractivity contribution is 0.0636. The highest BCUT2D eigenvalue weighted by molar-refractivity contribution is 5.88. The Morgan fingerprint density at radius 3 is 2.23 bits per heavy atom. The third-order valence-corrected chi connectivity index (χ3v) is 2.51. The number of ether oxygens (including phenoxy) is 1. The normalized spacial score (nSPS) is 10.9. The van der Waals surface area contributed by atoms with E-state index in [0.717, 1.165) is 5.56 Å². The van der Waals surface area contributed by atoms with Gasteiger partial charge in [-0.1, -0.05) is 0 Å². The van der Waals surface area contributed by atoms with Crippen LogP contribution < -0.4 is 10.6 Å². The molecule has 1 aromatic rings. The lowest BCUT2D eigenvalue weighted by atomic mass is 10.1. The van der Waals surface area contributed by atoms with E-state index in [1.165, 1.54) is 6.07 Å². The standard InChI is InChI=1S/C15H22N2O5/c1-15(2,3)22-14(21)17-12-8-10(5-4-6-18)7-11(9-12)16-13(19)20/h7-9,16,18H,4-6H2,1-3H3,(H,17,21)(H,19,20). The number of benzene rings is 1. The first kappa shape index (κ1) is 17.8. The lowest BCUT2D eigenvalue weighted by Crippen LogP contribution is -2.27. The number of aliphatic hydroxyl groups is 1. The topological polar surface area (TPSA) is 108 Å². The van der Waals surface area contributed by atoms with E-state index in [2.05, 4.69) is 10.6 Å². The van der Waals surface area contributed by atoms with Gasteiger partial charge in [0.25, 0.3) is 0 Å². The summed E-state index contributed by atoms with van der Waals surface area (Å²) in [4.78, 5) is 22.5. The number of carboxylic acid groups (broad SMARTS) is 1. The minimum Gasteiger partial charge on any atom is -0.465 e. The first-order chi connectivity index (χ1) is 10.2. The molecule has 4 N–H and O–H groups in total. The van der Waals surface area contributed by atoms with E-state index in [9.17, 15) is 9.59 Å². The molecule has 0 fully saturated rings. The molecule has 0 saturated carbocycles. The summed E-state index contributed by atoms with van der Waals surface area (Å²) in [5, 5.41) is 22.5. The van der Waals surface area contributed by atoms with Crippen LogP contribution in [0.5, 0.6) is 0 Å². The van der Waals surface area contributed by atoms with Crippen molar-refractivity contribution in [1.29, 1.82) is 0 Å². The van der Waals surface area contributed by atoms with E-state index >= 15 is 0 Å². The molecule has 0 heterocycles. The molecule has 1 aromatic carbocycles. The van der Waals surface area contributed by atoms with Crippen molar-refractivity contribution in [2.45, 2.75) is 39.2 Å². The predicted molar refractivity (Wildman–Crippen MR) is 83.4 cm³/mol. The van der Waals surface area contributed by atoms with Gasteiger partial charge in [-0.25, -0.2) is 9.59 Å². The molecule has 7 nitrogen and oxygen atoms in total. The van der Waals surface area contributed by atoms with Crippen LogP contribution in [-0.4, -0.2) is 34.6 Å². The van der Waals surface area contributed by atoms with Gasteiger partial charge in [0, 0.05) is 18.0 Å². The van der Waals surface area contributed by atoms with Crippen molar-refractivity contribution in [2.75, 3.05) is 17.2 Å². The van der Waals surface area contributed by atoms with Crippen molar-refractivity contribution >= 4 is 23.6 Å². The van der Waals surface area contributed by atoms with Crippen LogP contribution in [0.3, 0.4) is 0 Å². The second-order valence-electron chi connectivity index (χ2n) is 5.80. The molecule has 7 heteroatoms. The van der Waals surface area contributed by atoms with E-state index < -0.39 is 17.8 Å². The Kier molecular flexibility index (Phi) is 6.18. The molecule has 0 aliphatic heterocycles. The molecule has 0 radical (unpaired) electrons. The van der Waals surface area contributed by atoms with Gasteiger partial charge in [0.2, 0.25) is 0 Å². The highest BCUT2D eigenvalue weighted by Crippen LogP contribution is 2.21. The number of carbonyl (C=O) groups is 2. The van der Waals surface area contributed by atoms with Crippen LogP contribution >= 0.6 is 0 Å². The average Bonchev–Trinajstić information content (AvgIpc) is 2.32. The average molecular weight is 310 g/mol. The van der Waals surface area contributed by atoms with Gasteiger partial charge in [-0.2, -0.15) is 0 Å². The van der Waals surface area contributed by atoms with Crippen LogP contribution in [0, 0.1) is 0 Å². The summed E-state index contributed by atoms with van der Waals surface area (Å²) >= 11 is 0. The zero-order valence-electron chi connectivity index (χ0n) is 13.0. The minimum absolute atomic E-state index is 0.0331. The number of amides is 2. The highest BCUT2D eigenvalue weighted by atomic mass is 16.6. The van der Waals surface area contributed by atoms with Crippen molar-refractivity contribution in [1.82, 2.24) is 0 Å². The second-order valence-corrected chi connectivity index (χ2v) is 5.80. The Balaban J connectivity index is 2.91. The molecule has 0 saturated heterocycles. The molecule has 0 atom stereocenters. The fraction of sp³-hybridized carbons (Fsp3) is 0.467. The summed E-state index contributed by atoms with van der Waals surface area (Å²) in [6, 6.07) is 4.87. The Hall–Kier alpha value is -2.28. The van der Waals surface area contributed by atoms with E-state index in [-0.39, 0.29) is 6.61 Å². The summed E-state index contributed by atoms with van der Waals surface area (Å²) in [5.41, 5.74) is 0.939. The fourth-order valence-corrected chi connectivity index (χ4v) is 1.81. The number of rotatable bonds is 5. The maximum absolute atomic E-state index is 11.8. The van der Waals surface area contributed by atoms with Crippen LogP contribution in [0.1, 0.15) is 32.8 Å². The number of hydrogen-bond donors (Lipinski definition) is 4. The quantitative estimate of drug-likeness (QED) is 0.668. The summed E-state index contributed by atoms with van der Waals surface area (Å²) in [6.45, 7) is 5.29. The zero-order chi connectivity index (χ0) is 16.8. The summed E-state index contributed by atoms with van der Waals surface area (Å²) in [6.07, 6.45) is -0.701. The number of nitrogens with one attached hydrogen (secondary N) is 2. The Bertz CT molecular complexity index is 537. The monoisotopic (exact) mass is 310 g/mol. The summed E-state index contributed by atoms with van der Waals surface area (Å²) in [5.74, 6) is 0. The van der Waals surface area contributed by atoms with E-state index in [4.69, 9.17) is 14.9 Å². The predicted octanol–water partition coefficient (Wildman–Crippen LogP) is 3.05. The maximum atomic E-state index is 11.8. The third kappa shape index (κ3) is 6.94. The van der Waals surface area contributed by atoms with Crippen LogP contribution in [0.2, 0.25) is 0 Å². The van der Waals surface area contributed by atoms with Gasteiger partial charge in [-0.05, 0) is 57.4 Å². The molecule has 0 bridgehead atoms. The number of anilines is 2. The third-order valence-electron chi connectivity index (χ3n) is 2.51. The minimum atomic E-state index is -1.19. The molecule has 22 heavy (non-hydrogen) atoms. The smallest absolute Gasteiger partial charge is 0.412 e. The largest absolute Gasteiger partial charge is 0.465 e. The lowest BCUT2D eigenvalue weighted by Gasteiger charge is -2.20. The van der Waals surface area contributed by atoms with Gasteiger partial charge < -0.3 is 14.9 Å². The van der Waals surface area contributed by atoms with Crippen molar-refractivity contribution in [2.24, 2.45) is 0 Å². The molecule has 1 rings (SSSR count). The van der Waals surface area contributed by atoms with Gasteiger partial charge in [-0.15, -0.1) is 0 Å². The van der Waals surface area contributed by atoms with Crippen LogP contribution in [0.25, 0.3) is 0 Å². The van der Waals surface area contributed by atoms with Gasteiger partial charge in [-0.3, -0.25) is 10.6 Å². The number of aryl methyl sites for hydroxylation is 1. The maximum Gasteiger partial charge on any atom is 0.412 e. The van der Waals surface area contributed by atoms with Crippen LogP contribution in [-0.2, 0) is 11.2 Å². The SMILES string of the molecule is CC(C)(C)OC(=O)Nc1cc(CCCO)cc(NC(=O)O)c1. The number of aliphatic hydroxyl groups excluding tert-OH is 1. The van der Waals surface area contributed by atoms with Gasteiger partial charge >= 0.3 is 12.2 Å². The van der Waals surface area contributed by atoms with E-state index in [1.807, 2.05) is 0 Å². The fourth-order valence-electron chi connectivity index (χ4n) is 1.81. The molecule has 0 aromatic heterocycles. The van der Waals surface area contributed by atoms with Gasteiger partial charge in [0.15, 0.2) is 0 Å². The van der Waals surface area contributed by atoms with Crippen molar-refractivity contribution in [3.8, 4) is 0 Å². The number of carbonyl (C=O) groups excluding carboxylic acids is 1.